The third-order valence-corrected chi connectivity index (χ3v) is 16.3. The largest absolute Gasteiger partial charge is 0.507 e. The summed E-state index contributed by atoms with van der Waals surface area (Å²) in [5.41, 5.74) is 17.7. The first-order valence-electron chi connectivity index (χ1n) is 25.6. The van der Waals surface area contributed by atoms with Crippen LogP contribution in [-0.2, 0) is 42.7 Å². The molecule has 4 nitrogen and oxygen atoms in total. The van der Waals surface area contributed by atoms with Crippen molar-refractivity contribution in [2.75, 3.05) is 0 Å². The van der Waals surface area contributed by atoms with Gasteiger partial charge in [0.15, 0.2) is 0 Å². The zero-order chi connectivity index (χ0) is 51.7. The molecule has 0 amide bonds. The van der Waals surface area contributed by atoms with Gasteiger partial charge in [0.05, 0.1) is 30.4 Å². The molecule has 0 radical (unpaired) electrons. The van der Waals surface area contributed by atoms with E-state index in [2.05, 4.69) is 265 Å². The first-order valence-corrected chi connectivity index (χ1v) is 29.1. The maximum absolute atomic E-state index is 12.6. The summed E-state index contributed by atoms with van der Waals surface area (Å²) in [7, 11) is -1.38. The van der Waals surface area contributed by atoms with Crippen LogP contribution in [0.5, 0.6) is 5.75 Å². The number of benzene rings is 7. The van der Waals surface area contributed by atoms with E-state index in [1.807, 2.05) is 6.20 Å². The molecule has 0 aliphatic carbocycles. The smallest absolute Gasteiger partial charge is 0.148 e. The average Bonchev–Trinajstić information content (AvgIpc) is 3.72. The monoisotopic (exact) mass is 1160 g/mol. The fraction of sp³-hybridized carbons (Fsp3) is 0.284. The quantitative estimate of drug-likeness (QED) is 0.122. The first-order chi connectivity index (χ1) is 33.8. The van der Waals surface area contributed by atoms with Crippen LogP contribution in [0.3, 0.4) is 0 Å². The zero-order valence-corrected chi connectivity index (χ0v) is 48.9. The molecule has 2 aromatic heterocycles. The number of hydrogen-bond acceptors (Lipinski definition) is 3. The minimum absolute atomic E-state index is 0. The van der Waals surface area contributed by atoms with Crippen molar-refractivity contribution < 1.29 is 26.2 Å². The molecule has 0 saturated heterocycles. The van der Waals surface area contributed by atoms with Gasteiger partial charge in [0.25, 0.3) is 0 Å². The van der Waals surface area contributed by atoms with E-state index in [1.54, 1.807) is 0 Å². The minimum atomic E-state index is -1.38. The normalized spacial score (nSPS) is 12.5. The molecule has 0 bridgehead atoms. The van der Waals surface area contributed by atoms with Crippen molar-refractivity contribution in [1.29, 1.82) is 0 Å². The van der Waals surface area contributed by atoms with Crippen molar-refractivity contribution in [1.82, 2.24) is 14.5 Å². The molecule has 6 heteroatoms. The van der Waals surface area contributed by atoms with Gasteiger partial charge in [0.1, 0.15) is 11.6 Å². The Bertz CT molecular complexity index is 3460. The van der Waals surface area contributed by atoms with Crippen LogP contribution in [0.4, 0.5) is 0 Å². The van der Waals surface area contributed by atoms with Gasteiger partial charge in [-0.2, -0.15) is 0 Å². The van der Waals surface area contributed by atoms with Gasteiger partial charge < -0.3 is 5.11 Å². The molecule has 0 fully saturated rings. The van der Waals surface area contributed by atoms with Crippen molar-refractivity contribution in [2.24, 2.45) is 0 Å². The molecule has 1 N–H and O–H groups in total. The van der Waals surface area contributed by atoms with Gasteiger partial charge >= 0.3 is 0 Å². The van der Waals surface area contributed by atoms with Crippen LogP contribution in [-0.4, -0.2) is 27.7 Å². The molecule has 376 valence electrons. The van der Waals surface area contributed by atoms with Gasteiger partial charge in [-0.15, -0.1) is 29.3 Å². The average molecular weight is 1160 g/mol. The second kappa shape index (κ2) is 19.6. The number of imidazole rings is 1. The van der Waals surface area contributed by atoms with Gasteiger partial charge in [-0.25, -0.2) is 4.98 Å². The third-order valence-electron chi connectivity index (χ3n) is 14.3. The summed E-state index contributed by atoms with van der Waals surface area (Å²) in [6.07, 6.45) is 1.92. The van der Waals surface area contributed by atoms with Gasteiger partial charge in [-0.05, 0) is 90.9 Å². The topological polar surface area (TPSA) is 50.9 Å². The van der Waals surface area contributed by atoms with Crippen molar-refractivity contribution in [2.45, 2.75) is 124 Å². The van der Waals surface area contributed by atoms with Crippen LogP contribution in [0.25, 0.3) is 83.9 Å². The number of phenols is 1. The summed E-state index contributed by atoms with van der Waals surface area (Å²) in [6, 6.07) is 59.0. The molecule has 0 spiro atoms. The van der Waals surface area contributed by atoms with E-state index in [4.69, 9.17) is 9.97 Å². The molecule has 0 aliphatic rings. The van der Waals surface area contributed by atoms with Crippen molar-refractivity contribution in [3.05, 3.63) is 186 Å². The van der Waals surface area contributed by atoms with Crippen LogP contribution < -0.4 is 5.19 Å². The Balaban J connectivity index is 0.00000711. The molecular weight excluding hydrogens is 1090 g/mol. The number of rotatable bonds is 8. The number of nitrogens with zero attached hydrogens (tertiary/aromatic N) is 3. The van der Waals surface area contributed by atoms with Gasteiger partial charge in [-0.3, -0.25) is 9.55 Å². The van der Waals surface area contributed by atoms with Gasteiger partial charge in [0, 0.05) is 44.1 Å². The predicted octanol–water partition coefficient (Wildman–Crippen LogP) is 17.7. The molecule has 7 aromatic carbocycles. The van der Waals surface area contributed by atoms with E-state index in [-0.39, 0.29) is 48.5 Å². The zero-order valence-electron chi connectivity index (χ0n) is 45.6. The molecule has 2 heterocycles. The summed E-state index contributed by atoms with van der Waals surface area (Å²) in [5.74, 6) is 0.935. The van der Waals surface area contributed by atoms with E-state index in [1.165, 1.54) is 27.4 Å². The summed E-state index contributed by atoms with van der Waals surface area (Å²) in [5, 5.41) is 14.1. The Morgan fingerprint density at radius 2 is 1.04 bits per heavy atom. The van der Waals surface area contributed by atoms with Crippen molar-refractivity contribution in [3.8, 4) is 78.6 Å². The Labute approximate surface area is 451 Å². The molecule has 0 atom stereocenters. The molecule has 0 unspecified atom stereocenters. The summed E-state index contributed by atoms with van der Waals surface area (Å²) in [6.45, 7) is 34.0. The van der Waals surface area contributed by atoms with Crippen LogP contribution in [0, 0.1) is 6.07 Å². The fourth-order valence-corrected chi connectivity index (χ4v) is 10.8. The van der Waals surface area contributed by atoms with Gasteiger partial charge in [0.2, 0.25) is 0 Å². The number of para-hydroxylation sites is 1. The maximum atomic E-state index is 12.6. The summed E-state index contributed by atoms with van der Waals surface area (Å²) in [4.78, 5) is 10.7. The standard InChI is InChI=1S/C67H72N3OSi.Pt/c1-64(2,3)50-30-33-59(55(40-50)46-20-17-16-18-21-46)70-60-23-19-22-54(61(60)69-63(70)56-41-52(66(7,8)9)42-57(62(56)71)67(10,11)12)48-36-49(38-51(37-48)65(4,5)6)58-39-47(34-35-68-58)45-26-24-43(25-27-45)44-28-31-53(32-29-44)72(13,14)15;/h16-35,37-42,71H,1-15H3;/q-1;. The number of fused-ring (bicyclic) bond motifs is 1. The Morgan fingerprint density at radius 1 is 0.479 bits per heavy atom. The predicted molar refractivity (Wildman–Crippen MR) is 310 cm³/mol. The number of aromatic hydroxyl groups is 1. The van der Waals surface area contributed by atoms with Crippen molar-refractivity contribution in [3.63, 3.8) is 0 Å². The van der Waals surface area contributed by atoms with E-state index in [0.29, 0.717) is 11.4 Å². The number of aromatic nitrogens is 3. The van der Waals surface area contributed by atoms with E-state index >= 15 is 0 Å². The van der Waals surface area contributed by atoms with E-state index in [0.717, 1.165) is 72.5 Å². The summed E-state index contributed by atoms with van der Waals surface area (Å²) >= 11 is 0. The minimum Gasteiger partial charge on any atom is -0.507 e. The SMILES string of the molecule is CC(C)(C)c1cc(-c2cc(-c3ccc(-c4ccc([Si](C)(C)C)cc4)cc3)ccn2)[c-]c(-c2cccc3c2nc(-c2cc(C(C)(C)C)cc(C(C)(C)C)c2O)n3-c2ccc(C(C)(C)C)cc2-c2ccccc2)c1.[Pt]. The maximum Gasteiger partial charge on any atom is 0.148 e. The molecule has 0 aliphatic heterocycles. The number of hydrogen-bond donors (Lipinski definition) is 1. The summed E-state index contributed by atoms with van der Waals surface area (Å²) < 4.78 is 2.29. The van der Waals surface area contributed by atoms with E-state index in [9.17, 15) is 5.11 Å². The van der Waals surface area contributed by atoms with Crippen LogP contribution in [0.1, 0.15) is 105 Å². The Morgan fingerprint density at radius 3 is 1.63 bits per heavy atom. The van der Waals surface area contributed by atoms with Crippen molar-refractivity contribution >= 4 is 24.3 Å². The van der Waals surface area contributed by atoms with Crippen LogP contribution >= 0.6 is 0 Å². The number of phenolic OH excluding ortho intramolecular Hbond substituents is 1. The van der Waals surface area contributed by atoms with Crippen LogP contribution in [0.2, 0.25) is 19.6 Å². The third kappa shape index (κ3) is 10.9. The van der Waals surface area contributed by atoms with Crippen LogP contribution in [0.15, 0.2) is 158 Å². The molecule has 0 saturated carbocycles. The molecule has 9 aromatic rings. The second-order valence-corrected chi connectivity index (χ2v) is 30.1. The fourth-order valence-electron chi connectivity index (χ4n) is 9.66. The first kappa shape index (κ1) is 53.2. The molecule has 9 rings (SSSR count). The van der Waals surface area contributed by atoms with E-state index < -0.39 is 8.07 Å². The molecule has 73 heavy (non-hydrogen) atoms. The Hall–Kier alpha value is -6.13. The number of pyridine rings is 1. The van der Waals surface area contributed by atoms with Gasteiger partial charge in [-0.1, -0.05) is 228 Å². The molecular formula is C67H72N3OPtSi-. The second-order valence-electron chi connectivity index (χ2n) is 25.0. The Kier molecular flexibility index (Phi) is 14.3.